The molecule has 1 heterocycles. The molecule has 1 saturated heterocycles. The number of nitrogens with one attached hydrogen (secondary N) is 1. The zero-order valence-electron chi connectivity index (χ0n) is 19.9. The van der Waals surface area contributed by atoms with E-state index in [-0.39, 0.29) is 28.1 Å². The minimum atomic E-state index is -0.600. The molecule has 1 fully saturated rings. The van der Waals surface area contributed by atoms with Gasteiger partial charge in [-0.3, -0.25) is 19.7 Å². The Morgan fingerprint density at radius 2 is 1.72 bits per heavy atom. The van der Waals surface area contributed by atoms with E-state index in [4.69, 9.17) is 4.74 Å². The topological polar surface area (TPSA) is 105 Å². The number of anilines is 3. The molecule has 1 aliphatic rings. The van der Waals surface area contributed by atoms with E-state index in [9.17, 15) is 24.1 Å². The lowest BCUT2D eigenvalue weighted by Crippen LogP contribution is -2.36. The molecule has 0 radical (unpaired) electrons. The summed E-state index contributed by atoms with van der Waals surface area (Å²) in [6, 6.07) is 14.8. The number of ether oxygens (including phenoxy) is 1. The molecule has 9 nitrogen and oxygen atoms in total. The molecule has 3 aromatic rings. The van der Waals surface area contributed by atoms with Gasteiger partial charge in [0.15, 0.2) is 5.78 Å². The SMILES string of the molecule is CN(C)c1ccc(C(=O)c2ccccc2C(=O)Nc2ccc(N3CCOCC3)c(F)c2)cc1[N+](=O)[O-]. The van der Waals surface area contributed by atoms with Gasteiger partial charge < -0.3 is 19.9 Å². The standard InChI is InChI=1S/C26H25FN4O5/c1-29(2)23-9-7-17(15-24(23)31(34)35)25(32)19-5-3-4-6-20(19)26(33)28-18-8-10-22(21(27)16-18)30-11-13-36-14-12-30/h3-10,15-16H,11-14H2,1-2H3,(H,28,33). The van der Waals surface area contributed by atoms with Crippen molar-refractivity contribution in [2.45, 2.75) is 0 Å². The Morgan fingerprint density at radius 1 is 1.03 bits per heavy atom. The van der Waals surface area contributed by atoms with Crippen LogP contribution in [-0.4, -0.2) is 57.0 Å². The number of benzene rings is 3. The number of carbonyl (C=O) groups excluding carboxylic acids is 2. The van der Waals surface area contributed by atoms with Gasteiger partial charge in [0.05, 0.1) is 29.4 Å². The maximum absolute atomic E-state index is 14.8. The van der Waals surface area contributed by atoms with Crippen LogP contribution in [0.25, 0.3) is 0 Å². The third kappa shape index (κ3) is 5.18. The molecule has 0 atom stereocenters. The Hall–Kier alpha value is -4.31. The number of halogens is 1. The highest BCUT2D eigenvalue weighted by atomic mass is 19.1. The highest BCUT2D eigenvalue weighted by molar-refractivity contribution is 6.18. The average molecular weight is 493 g/mol. The van der Waals surface area contributed by atoms with Gasteiger partial charge >= 0.3 is 0 Å². The van der Waals surface area contributed by atoms with E-state index < -0.39 is 22.4 Å². The first-order valence-corrected chi connectivity index (χ1v) is 11.3. The molecule has 10 heteroatoms. The van der Waals surface area contributed by atoms with Crippen LogP contribution in [0.15, 0.2) is 60.7 Å². The van der Waals surface area contributed by atoms with Crippen LogP contribution in [0.1, 0.15) is 26.3 Å². The van der Waals surface area contributed by atoms with Crippen molar-refractivity contribution in [3.63, 3.8) is 0 Å². The normalized spacial score (nSPS) is 13.2. The second kappa shape index (κ2) is 10.5. The lowest BCUT2D eigenvalue weighted by molar-refractivity contribution is -0.384. The fourth-order valence-corrected chi connectivity index (χ4v) is 4.07. The van der Waals surface area contributed by atoms with Gasteiger partial charge in [-0.05, 0) is 36.4 Å². The largest absolute Gasteiger partial charge is 0.378 e. The first kappa shape index (κ1) is 24.8. The van der Waals surface area contributed by atoms with Crippen LogP contribution >= 0.6 is 0 Å². The number of ketones is 1. The molecule has 0 bridgehead atoms. The van der Waals surface area contributed by atoms with Gasteiger partial charge in [0, 0.05) is 50.1 Å². The van der Waals surface area contributed by atoms with Crippen LogP contribution in [0.4, 0.5) is 27.1 Å². The second-order valence-corrected chi connectivity index (χ2v) is 8.45. The molecule has 0 saturated carbocycles. The molecule has 1 aliphatic heterocycles. The Bertz CT molecular complexity index is 1320. The van der Waals surface area contributed by atoms with Crippen molar-refractivity contribution in [1.29, 1.82) is 0 Å². The van der Waals surface area contributed by atoms with Gasteiger partial charge in [0.1, 0.15) is 11.5 Å². The van der Waals surface area contributed by atoms with E-state index in [1.807, 2.05) is 4.90 Å². The number of carbonyl (C=O) groups is 2. The van der Waals surface area contributed by atoms with Crippen LogP contribution < -0.4 is 15.1 Å². The Kier molecular flexibility index (Phi) is 7.25. The summed E-state index contributed by atoms with van der Waals surface area (Å²) in [4.78, 5) is 40.8. The molecular formula is C26H25FN4O5. The zero-order valence-corrected chi connectivity index (χ0v) is 19.9. The fourth-order valence-electron chi connectivity index (χ4n) is 4.07. The summed E-state index contributed by atoms with van der Waals surface area (Å²) in [5.74, 6) is -1.62. The van der Waals surface area contributed by atoms with Crippen LogP contribution in [0.5, 0.6) is 0 Å². The van der Waals surface area contributed by atoms with E-state index in [0.29, 0.717) is 37.7 Å². The Labute approximate surface area is 207 Å². The van der Waals surface area contributed by atoms with E-state index in [1.165, 1.54) is 36.4 Å². The third-order valence-corrected chi connectivity index (χ3v) is 5.89. The molecule has 0 aliphatic carbocycles. The maximum Gasteiger partial charge on any atom is 0.293 e. The lowest BCUT2D eigenvalue weighted by atomic mass is 9.97. The summed E-state index contributed by atoms with van der Waals surface area (Å²) in [6.07, 6.45) is 0. The van der Waals surface area contributed by atoms with Crippen LogP contribution in [-0.2, 0) is 4.74 Å². The van der Waals surface area contributed by atoms with E-state index in [2.05, 4.69) is 5.32 Å². The summed E-state index contributed by atoms with van der Waals surface area (Å²) in [6.45, 7) is 2.19. The quantitative estimate of drug-likeness (QED) is 0.301. The smallest absolute Gasteiger partial charge is 0.293 e. The molecule has 0 spiro atoms. The fraction of sp³-hybridized carbons (Fsp3) is 0.231. The van der Waals surface area contributed by atoms with Gasteiger partial charge in [-0.25, -0.2) is 4.39 Å². The van der Waals surface area contributed by atoms with Crippen molar-refractivity contribution in [2.75, 3.05) is 55.5 Å². The maximum atomic E-state index is 14.8. The van der Waals surface area contributed by atoms with Gasteiger partial charge in [0.25, 0.3) is 11.6 Å². The third-order valence-electron chi connectivity index (χ3n) is 5.89. The zero-order chi connectivity index (χ0) is 25.8. The van der Waals surface area contributed by atoms with Crippen LogP contribution in [0, 0.1) is 15.9 Å². The first-order valence-electron chi connectivity index (χ1n) is 11.3. The lowest BCUT2D eigenvalue weighted by Gasteiger charge is -2.29. The van der Waals surface area contributed by atoms with Gasteiger partial charge in [-0.1, -0.05) is 18.2 Å². The summed E-state index contributed by atoms with van der Waals surface area (Å²) < 4.78 is 20.1. The molecule has 1 amide bonds. The summed E-state index contributed by atoms with van der Waals surface area (Å²) >= 11 is 0. The minimum absolute atomic E-state index is 0.0690. The van der Waals surface area contributed by atoms with Crippen molar-refractivity contribution in [3.05, 3.63) is 93.3 Å². The molecule has 36 heavy (non-hydrogen) atoms. The van der Waals surface area contributed by atoms with Crippen molar-refractivity contribution in [3.8, 4) is 0 Å². The second-order valence-electron chi connectivity index (χ2n) is 8.45. The van der Waals surface area contributed by atoms with E-state index in [1.54, 1.807) is 43.3 Å². The number of rotatable bonds is 7. The predicted molar refractivity (Wildman–Crippen MR) is 135 cm³/mol. The molecule has 1 N–H and O–H groups in total. The van der Waals surface area contributed by atoms with Gasteiger partial charge in [0.2, 0.25) is 0 Å². The molecule has 186 valence electrons. The Morgan fingerprint density at radius 3 is 2.36 bits per heavy atom. The van der Waals surface area contributed by atoms with Crippen molar-refractivity contribution < 1.29 is 23.6 Å². The average Bonchev–Trinajstić information content (AvgIpc) is 2.88. The summed E-state index contributed by atoms with van der Waals surface area (Å²) in [5.41, 5.74) is 1.02. The number of nitro benzene ring substituents is 1. The number of nitro groups is 1. The number of morpholine rings is 1. The van der Waals surface area contributed by atoms with Crippen molar-refractivity contribution in [1.82, 2.24) is 0 Å². The number of hydrogen-bond acceptors (Lipinski definition) is 7. The molecule has 4 rings (SSSR count). The number of amides is 1. The van der Waals surface area contributed by atoms with E-state index in [0.717, 1.165) is 0 Å². The number of hydrogen-bond donors (Lipinski definition) is 1. The minimum Gasteiger partial charge on any atom is -0.378 e. The molecule has 0 unspecified atom stereocenters. The highest BCUT2D eigenvalue weighted by Gasteiger charge is 2.23. The molecular weight excluding hydrogens is 467 g/mol. The highest BCUT2D eigenvalue weighted by Crippen LogP contribution is 2.29. The van der Waals surface area contributed by atoms with Crippen LogP contribution in [0.2, 0.25) is 0 Å². The molecule has 3 aromatic carbocycles. The summed E-state index contributed by atoms with van der Waals surface area (Å²) in [5, 5.41) is 14.2. The van der Waals surface area contributed by atoms with Crippen LogP contribution in [0.3, 0.4) is 0 Å². The molecule has 0 aromatic heterocycles. The predicted octanol–water partition coefficient (Wildman–Crippen LogP) is 4.12. The summed E-state index contributed by atoms with van der Waals surface area (Å²) in [7, 11) is 3.33. The van der Waals surface area contributed by atoms with Gasteiger partial charge in [-0.15, -0.1) is 0 Å². The van der Waals surface area contributed by atoms with E-state index >= 15 is 0 Å². The van der Waals surface area contributed by atoms with Gasteiger partial charge in [-0.2, -0.15) is 0 Å². The monoisotopic (exact) mass is 492 g/mol. The number of nitrogens with zero attached hydrogens (tertiary/aromatic N) is 3. The van der Waals surface area contributed by atoms with Crippen molar-refractivity contribution >= 4 is 34.4 Å². The Balaban J connectivity index is 1.59. The first-order chi connectivity index (χ1) is 17.3. The van der Waals surface area contributed by atoms with Crippen molar-refractivity contribution in [2.24, 2.45) is 0 Å².